The van der Waals surface area contributed by atoms with Gasteiger partial charge in [0.15, 0.2) is 0 Å². The molecule has 0 radical (unpaired) electrons. The Morgan fingerprint density at radius 2 is 1.79 bits per heavy atom. The number of nitrogens with zero attached hydrogens (tertiary/aromatic N) is 1. The summed E-state index contributed by atoms with van der Waals surface area (Å²) in [5.74, 6) is 0.444. The summed E-state index contributed by atoms with van der Waals surface area (Å²) in [6.07, 6.45) is 3.51. The highest BCUT2D eigenvalue weighted by Gasteiger charge is 2.21. The molecule has 0 aliphatic heterocycles. The number of anilines is 1. The normalized spacial score (nSPS) is 12.6. The zero-order valence-corrected chi connectivity index (χ0v) is 18.9. The van der Waals surface area contributed by atoms with E-state index < -0.39 is 0 Å². The van der Waals surface area contributed by atoms with E-state index >= 15 is 0 Å². The van der Waals surface area contributed by atoms with E-state index in [1.165, 1.54) is 19.4 Å². The maximum absolute atomic E-state index is 12.6. The van der Waals surface area contributed by atoms with E-state index in [0.717, 1.165) is 28.6 Å². The van der Waals surface area contributed by atoms with E-state index in [-0.39, 0.29) is 5.91 Å². The molecule has 0 aliphatic carbocycles. The van der Waals surface area contributed by atoms with Gasteiger partial charge in [-0.15, -0.1) is 0 Å². The number of nitrogen functional groups attached to an aromatic ring is 1. The van der Waals surface area contributed by atoms with E-state index in [2.05, 4.69) is 33.3 Å². The van der Waals surface area contributed by atoms with E-state index in [4.69, 9.17) is 17.3 Å². The zero-order valence-electron chi connectivity index (χ0n) is 18.2. The van der Waals surface area contributed by atoms with Crippen LogP contribution < -0.4 is 11.1 Å². The fraction of sp³-hybridized carbons (Fsp3) is 0.458. The molecule has 29 heavy (non-hydrogen) atoms. The molecule has 0 aliphatic rings. The topological polar surface area (TPSA) is 55.1 Å². The summed E-state index contributed by atoms with van der Waals surface area (Å²) in [5.41, 5.74) is 9.09. The number of hydrogen-bond donors (Lipinski definition) is 2. The SMILES string of the molecule is CCCC[N+](C)(C)CC(CC)CNC(=O)c1ccc(-c2cc(N)cc(Cl)c2)cc1. The van der Waals surface area contributed by atoms with Crippen LogP contribution in [0.5, 0.6) is 0 Å². The summed E-state index contributed by atoms with van der Waals surface area (Å²) in [6.45, 7) is 7.38. The third-order valence-corrected chi connectivity index (χ3v) is 5.62. The molecule has 1 atom stereocenters. The Labute approximate surface area is 180 Å². The minimum atomic E-state index is -0.0283. The van der Waals surface area contributed by atoms with Crippen molar-refractivity contribution in [2.45, 2.75) is 33.1 Å². The third-order valence-electron chi connectivity index (χ3n) is 5.40. The highest BCUT2D eigenvalue weighted by Crippen LogP contribution is 2.26. The Balaban J connectivity index is 1.96. The van der Waals surface area contributed by atoms with Gasteiger partial charge in [-0.3, -0.25) is 4.79 Å². The first kappa shape index (κ1) is 23.2. The largest absolute Gasteiger partial charge is 0.399 e. The Morgan fingerprint density at radius 3 is 2.38 bits per heavy atom. The molecule has 0 saturated heterocycles. The summed E-state index contributed by atoms with van der Waals surface area (Å²) in [5, 5.41) is 3.72. The molecule has 2 rings (SSSR count). The van der Waals surface area contributed by atoms with Gasteiger partial charge in [-0.05, 0) is 54.3 Å². The molecular weight excluding hydrogens is 382 g/mol. The van der Waals surface area contributed by atoms with Crippen LogP contribution in [0.25, 0.3) is 11.1 Å². The van der Waals surface area contributed by atoms with E-state index in [9.17, 15) is 4.79 Å². The van der Waals surface area contributed by atoms with Crippen molar-refractivity contribution in [3.05, 3.63) is 53.1 Å². The molecule has 0 aromatic heterocycles. The first-order valence-electron chi connectivity index (χ1n) is 10.5. The lowest BCUT2D eigenvalue weighted by Crippen LogP contribution is -2.46. The first-order chi connectivity index (χ1) is 13.7. The maximum Gasteiger partial charge on any atom is 0.251 e. The second-order valence-electron chi connectivity index (χ2n) is 8.53. The molecule has 5 heteroatoms. The fourth-order valence-electron chi connectivity index (χ4n) is 3.65. The van der Waals surface area contributed by atoms with Crippen molar-refractivity contribution in [1.29, 1.82) is 0 Å². The number of benzene rings is 2. The third kappa shape index (κ3) is 7.37. The van der Waals surface area contributed by atoms with Crippen LogP contribution in [0.1, 0.15) is 43.5 Å². The molecule has 0 spiro atoms. The van der Waals surface area contributed by atoms with Gasteiger partial charge in [-0.2, -0.15) is 0 Å². The second-order valence-corrected chi connectivity index (χ2v) is 8.97. The summed E-state index contributed by atoms with van der Waals surface area (Å²) in [6, 6.07) is 13.0. The molecule has 2 aromatic rings. The van der Waals surface area contributed by atoms with Crippen LogP contribution in [-0.2, 0) is 0 Å². The van der Waals surface area contributed by atoms with Crippen molar-refractivity contribution >= 4 is 23.2 Å². The summed E-state index contributed by atoms with van der Waals surface area (Å²) in [4.78, 5) is 12.6. The monoisotopic (exact) mass is 416 g/mol. The number of carbonyl (C=O) groups excluding carboxylic acids is 1. The molecule has 0 saturated carbocycles. The highest BCUT2D eigenvalue weighted by atomic mass is 35.5. The Hall–Kier alpha value is -2.04. The molecule has 158 valence electrons. The van der Waals surface area contributed by atoms with Gasteiger partial charge in [0.1, 0.15) is 0 Å². The van der Waals surface area contributed by atoms with Crippen molar-refractivity contribution in [2.75, 3.05) is 39.5 Å². The molecule has 2 aromatic carbocycles. The van der Waals surface area contributed by atoms with Crippen molar-refractivity contribution in [3.8, 4) is 11.1 Å². The second kappa shape index (κ2) is 10.7. The number of amides is 1. The lowest BCUT2D eigenvalue weighted by atomic mass is 10.0. The van der Waals surface area contributed by atoms with E-state index in [0.29, 0.717) is 28.7 Å². The zero-order chi connectivity index (χ0) is 21.4. The highest BCUT2D eigenvalue weighted by molar-refractivity contribution is 6.31. The van der Waals surface area contributed by atoms with Crippen LogP contribution >= 0.6 is 11.6 Å². The van der Waals surface area contributed by atoms with Gasteiger partial charge >= 0.3 is 0 Å². The number of quaternary nitrogens is 1. The molecule has 0 heterocycles. The molecule has 0 fully saturated rings. The van der Waals surface area contributed by atoms with Crippen LogP contribution in [0.15, 0.2) is 42.5 Å². The standard InChI is InChI=1S/C24H34ClN3O/c1-5-7-12-28(3,4)17-18(6-2)16-27-24(29)20-10-8-19(9-11-20)21-13-22(25)15-23(26)14-21/h8-11,13-15,18H,5-7,12,16-17,26H2,1-4H3/p+1. The van der Waals surface area contributed by atoms with Gasteiger partial charge in [0.2, 0.25) is 0 Å². The predicted molar refractivity (Wildman–Crippen MR) is 124 cm³/mol. The van der Waals surface area contributed by atoms with Crippen molar-refractivity contribution in [2.24, 2.45) is 5.92 Å². The van der Waals surface area contributed by atoms with Crippen molar-refractivity contribution in [1.82, 2.24) is 5.32 Å². The van der Waals surface area contributed by atoms with Crippen LogP contribution in [0.4, 0.5) is 5.69 Å². The number of hydrogen-bond acceptors (Lipinski definition) is 2. The number of nitrogens with one attached hydrogen (secondary N) is 1. The molecule has 1 amide bonds. The van der Waals surface area contributed by atoms with Crippen molar-refractivity contribution in [3.63, 3.8) is 0 Å². The van der Waals surface area contributed by atoms with Gasteiger partial charge in [0, 0.05) is 28.7 Å². The lowest BCUT2D eigenvalue weighted by Gasteiger charge is -2.33. The van der Waals surface area contributed by atoms with Crippen LogP contribution in [0.2, 0.25) is 5.02 Å². The summed E-state index contributed by atoms with van der Waals surface area (Å²) >= 11 is 6.09. The Kier molecular flexibility index (Phi) is 8.54. The minimum Gasteiger partial charge on any atom is -0.399 e. The summed E-state index contributed by atoms with van der Waals surface area (Å²) in [7, 11) is 4.56. The molecule has 0 bridgehead atoms. The van der Waals surface area contributed by atoms with E-state index in [1.54, 1.807) is 6.07 Å². The summed E-state index contributed by atoms with van der Waals surface area (Å²) < 4.78 is 1.000. The average Bonchev–Trinajstić information content (AvgIpc) is 2.68. The van der Waals surface area contributed by atoms with Crippen molar-refractivity contribution < 1.29 is 9.28 Å². The predicted octanol–water partition coefficient (Wildman–Crippen LogP) is 5.22. The average molecular weight is 417 g/mol. The van der Waals surface area contributed by atoms with Gasteiger partial charge in [-0.1, -0.05) is 44.0 Å². The number of rotatable bonds is 10. The van der Waals surface area contributed by atoms with E-state index in [1.807, 2.05) is 36.4 Å². The quantitative estimate of drug-likeness (QED) is 0.412. The van der Waals surface area contributed by atoms with Crippen LogP contribution in [-0.4, -0.2) is 44.1 Å². The maximum atomic E-state index is 12.6. The molecule has 3 N–H and O–H groups in total. The number of unbranched alkanes of at least 4 members (excludes halogenated alkanes) is 1. The molecule has 4 nitrogen and oxygen atoms in total. The van der Waals surface area contributed by atoms with Gasteiger partial charge in [0.05, 0.1) is 27.2 Å². The van der Waals surface area contributed by atoms with Crippen LogP contribution in [0.3, 0.4) is 0 Å². The first-order valence-corrected chi connectivity index (χ1v) is 10.9. The fourth-order valence-corrected chi connectivity index (χ4v) is 3.89. The number of nitrogens with two attached hydrogens (primary N) is 1. The molecule has 1 unspecified atom stereocenters. The number of carbonyl (C=O) groups is 1. The van der Waals surface area contributed by atoms with Gasteiger partial charge in [-0.25, -0.2) is 0 Å². The minimum absolute atomic E-state index is 0.0283. The Bertz CT molecular complexity index is 782. The lowest BCUT2D eigenvalue weighted by molar-refractivity contribution is -0.893. The number of halogens is 1. The van der Waals surface area contributed by atoms with Gasteiger partial charge < -0.3 is 15.5 Å². The molecular formula is C24H35ClN3O+. The van der Waals surface area contributed by atoms with Gasteiger partial charge in [0.25, 0.3) is 5.91 Å². The smallest absolute Gasteiger partial charge is 0.251 e. The Morgan fingerprint density at radius 1 is 1.10 bits per heavy atom. The van der Waals surface area contributed by atoms with Crippen LogP contribution in [0, 0.1) is 5.92 Å².